The van der Waals surface area contributed by atoms with Gasteiger partial charge in [-0.15, -0.1) is 0 Å². The van der Waals surface area contributed by atoms with Crippen molar-refractivity contribution in [1.29, 1.82) is 0 Å². The maximum atomic E-state index is 11.8. The number of amides is 1. The summed E-state index contributed by atoms with van der Waals surface area (Å²) < 4.78 is 10.3. The molecule has 0 bridgehead atoms. The molecule has 0 aromatic rings. The second-order valence-electron chi connectivity index (χ2n) is 6.62. The van der Waals surface area contributed by atoms with Crippen molar-refractivity contribution in [1.82, 2.24) is 10.9 Å². The highest BCUT2D eigenvalue weighted by atomic mass is 16.6. The standard InChI is InChI=1S/C15H28N2O4/c1-6-20-13(18)12-8-7-11(9-10(12)2)16-17-14(19)21-15(3,4)5/h10-12,16H,6-9H2,1-5H3,(H,17,19)/t10-,11+,12-/m1/s1. The summed E-state index contributed by atoms with van der Waals surface area (Å²) in [6.45, 7) is 9.74. The van der Waals surface area contributed by atoms with Crippen molar-refractivity contribution < 1.29 is 19.1 Å². The van der Waals surface area contributed by atoms with Gasteiger partial charge in [-0.3, -0.25) is 10.2 Å². The topological polar surface area (TPSA) is 76.7 Å². The molecule has 122 valence electrons. The smallest absolute Gasteiger partial charge is 0.422 e. The summed E-state index contributed by atoms with van der Waals surface area (Å²) in [4.78, 5) is 23.4. The Morgan fingerprint density at radius 1 is 1.24 bits per heavy atom. The molecule has 0 radical (unpaired) electrons. The van der Waals surface area contributed by atoms with Gasteiger partial charge in [0, 0.05) is 6.04 Å². The molecule has 1 saturated carbocycles. The number of rotatable bonds is 4. The molecule has 6 heteroatoms. The van der Waals surface area contributed by atoms with Crippen LogP contribution in [0.4, 0.5) is 4.79 Å². The van der Waals surface area contributed by atoms with Gasteiger partial charge in [0.15, 0.2) is 0 Å². The number of nitrogens with one attached hydrogen (secondary N) is 2. The van der Waals surface area contributed by atoms with E-state index in [0.29, 0.717) is 6.61 Å². The molecular weight excluding hydrogens is 272 g/mol. The Morgan fingerprint density at radius 3 is 2.43 bits per heavy atom. The molecule has 1 aliphatic carbocycles. The number of hydrogen-bond donors (Lipinski definition) is 2. The molecule has 1 fully saturated rings. The number of carbonyl (C=O) groups excluding carboxylic acids is 2. The number of ether oxygens (including phenoxy) is 2. The Balaban J connectivity index is 2.35. The van der Waals surface area contributed by atoms with E-state index in [0.717, 1.165) is 19.3 Å². The quantitative estimate of drug-likeness (QED) is 0.616. The molecule has 0 spiro atoms. The first-order valence-corrected chi connectivity index (χ1v) is 7.64. The third kappa shape index (κ3) is 6.33. The minimum atomic E-state index is -0.513. The highest BCUT2D eigenvalue weighted by Gasteiger charge is 2.33. The van der Waals surface area contributed by atoms with Crippen LogP contribution in [-0.4, -0.2) is 30.3 Å². The lowest BCUT2D eigenvalue weighted by Gasteiger charge is -2.33. The summed E-state index contributed by atoms with van der Waals surface area (Å²) >= 11 is 0. The Hall–Kier alpha value is -1.30. The third-order valence-corrected chi connectivity index (χ3v) is 3.54. The van der Waals surface area contributed by atoms with Crippen LogP contribution in [0.3, 0.4) is 0 Å². The summed E-state index contributed by atoms with van der Waals surface area (Å²) in [6.07, 6.45) is 1.93. The first-order valence-electron chi connectivity index (χ1n) is 7.64. The van der Waals surface area contributed by atoms with Gasteiger partial charge in [0.1, 0.15) is 5.60 Å². The summed E-state index contributed by atoms with van der Waals surface area (Å²) in [5, 5.41) is 0. The second kappa shape index (κ2) is 7.64. The van der Waals surface area contributed by atoms with Gasteiger partial charge < -0.3 is 9.47 Å². The zero-order valence-electron chi connectivity index (χ0n) is 13.7. The second-order valence-corrected chi connectivity index (χ2v) is 6.62. The lowest BCUT2D eigenvalue weighted by Crippen LogP contribution is -2.49. The molecule has 0 aromatic heterocycles. The SMILES string of the molecule is CCOC(=O)[C@@H]1CC[C@H](NNC(=O)OC(C)(C)C)C[C@H]1C. The molecule has 0 aliphatic heterocycles. The molecule has 1 rings (SSSR count). The fourth-order valence-electron chi connectivity index (χ4n) is 2.59. The van der Waals surface area contributed by atoms with Crippen molar-refractivity contribution in [3.63, 3.8) is 0 Å². The van der Waals surface area contributed by atoms with E-state index in [1.807, 2.05) is 34.6 Å². The van der Waals surface area contributed by atoms with Crippen LogP contribution < -0.4 is 10.9 Å². The van der Waals surface area contributed by atoms with Gasteiger partial charge in [0.2, 0.25) is 0 Å². The average molecular weight is 300 g/mol. The van der Waals surface area contributed by atoms with E-state index in [9.17, 15) is 9.59 Å². The predicted molar refractivity (Wildman–Crippen MR) is 79.4 cm³/mol. The molecule has 0 unspecified atom stereocenters. The Morgan fingerprint density at radius 2 is 1.90 bits per heavy atom. The van der Waals surface area contributed by atoms with Crippen LogP contribution in [0.25, 0.3) is 0 Å². The number of hydrogen-bond acceptors (Lipinski definition) is 5. The van der Waals surface area contributed by atoms with E-state index in [-0.39, 0.29) is 23.8 Å². The highest BCUT2D eigenvalue weighted by Crippen LogP contribution is 2.30. The Kier molecular flexibility index (Phi) is 6.45. The molecule has 2 N–H and O–H groups in total. The van der Waals surface area contributed by atoms with Crippen LogP contribution in [-0.2, 0) is 14.3 Å². The van der Waals surface area contributed by atoms with E-state index in [4.69, 9.17) is 9.47 Å². The molecule has 6 nitrogen and oxygen atoms in total. The molecule has 0 saturated heterocycles. The van der Waals surface area contributed by atoms with Gasteiger partial charge in [0.25, 0.3) is 0 Å². The monoisotopic (exact) mass is 300 g/mol. The van der Waals surface area contributed by atoms with Crippen molar-refractivity contribution in [3.05, 3.63) is 0 Å². The van der Waals surface area contributed by atoms with Gasteiger partial charge in [0.05, 0.1) is 12.5 Å². The first kappa shape index (κ1) is 17.8. The van der Waals surface area contributed by atoms with E-state index in [1.54, 1.807) is 0 Å². The zero-order valence-corrected chi connectivity index (χ0v) is 13.7. The lowest BCUT2D eigenvalue weighted by atomic mass is 9.78. The van der Waals surface area contributed by atoms with Crippen molar-refractivity contribution in [2.24, 2.45) is 11.8 Å². The molecular formula is C15H28N2O4. The van der Waals surface area contributed by atoms with Crippen LogP contribution in [0.15, 0.2) is 0 Å². The van der Waals surface area contributed by atoms with Crippen LogP contribution in [0.5, 0.6) is 0 Å². The summed E-state index contributed by atoms with van der Waals surface area (Å²) in [5.74, 6) is 0.0869. The zero-order chi connectivity index (χ0) is 16.0. The van der Waals surface area contributed by atoms with Crippen molar-refractivity contribution in [3.8, 4) is 0 Å². The van der Waals surface area contributed by atoms with Gasteiger partial charge >= 0.3 is 12.1 Å². The van der Waals surface area contributed by atoms with Gasteiger partial charge in [-0.25, -0.2) is 10.2 Å². The van der Waals surface area contributed by atoms with Crippen molar-refractivity contribution in [2.75, 3.05) is 6.61 Å². The van der Waals surface area contributed by atoms with Crippen LogP contribution in [0, 0.1) is 11.8 Å². The molecule has 0 heterocycles. The maximum Gasteiger partial charge on any atom is 0.422 e. The largest absolute Gasteiger partial charge is 0.466 e. The van der Waals surface area contributed by atoms with E-state index < -0.39 is 11.7 Å². The average Bonchev–Trinajstić information content (AvgIpc) is 2.34. The molecule has 0 aromatic carbocycles. The predicted octanol–water partition coefficient (Wildman–Crippen LogP) is 2.38. The Labute approximate surface area is 126 Å². The molecule has 1 amide bonds. The number of carbonyl (C=O) groups is 2. The third-order valence-electron chi connectivity index (χ3n) is 3.54. The first-order chi connectivity index (χ1) is 9.73. The highest BCUT2D eigenvalue weighted by molar-refractivity contribution is 5.72. The maximum absolute atomic E-state index is 11.8. The Bertz CT molecular complexity index is 365. The van der Waals surface area contributed by atoms with Crippen molar-refractivity contribution >= 4 is 12.1 Å². The summed E-state index contributed by atoms with van der Waals surface area (Å²) in [6, 6.07) is 0.151. The minimum Gasteiger partial charge on any atom is -0.466 e. The lowest BCUT2D eigenvalue weighted by molar-refractivity contribution is -0.151. The van der Waals surface area contributed by atoms with E-state index in [1.165, 1.54) is 0 Å². The van der Waals surface area contributed by atoms with Gasteiger partial charge in [-0.05, 0) is 52.9 Å². The van der Waals surface area contributed by atoms with Crippen LogP contribution >= 0.6 is 0 Å². The van der Waals surface area contributed by atoms with Crippen LogP contribution in [0.1, 0.15) is 53.9 Å². The molecule has 3 atom stereocenters. The summed E-state index contributed by atoms with van der Waals surface area (Å²) in [7, 11) is 0. The van der Waals surface area contributed by atoms with Gasteiger partial charge in [-0.1, -0.05) is 6.92 Å². The fourth-order valence-corrected chi connectivity index (χ4v) is 2.59. The molecule has 1 aliphatic rings. The van der Waals surface area contributed by atoms with E-state index >= 15 is 0 Å². The van der Waals surface area contributed by atoms with E-state index in [2.05, 4.69) is 10.9 Å². The molecule has 21 heavy (non-hydrogen) atoms. The number of hydrazine groups is 1. The van der Waals surface area contributed by atoms with Crippen LogP contribution in [0.2, 0.25) is 0 Å². The minimum absolute atomic E-state index is 0.0375. The van der Waals surface area contributed by atoms with Crippen molar-refractivity contribution in [2.45, 2.75) is 65.5 Å². The fraction of sp³-hybridized carbons (Fsp3) is 0.867. The summed E-state index contributed by atoms with van der Waals surface area (Å²) in [5.41, 5.74) is 5.05. The normalized spacial score (nSPS) is 26.0. The number of esters is 1. The van der Waals surface area contributed by atoms with Gasteiger partial charge in [-0.2, -0.15) is 0 Å².